The lowest BCUT2D eigenvalue weighted by molar-refractivity contribution is 0.218. The van der Waals surface area contributed by atoms with Gasteiger partial charge in [-0.25, -0.2) is 0 Å². The van der Waals surface area contributed by atoms with Gasteiger partial charge in [0.2, 0.25) is 0 Å². The molecule has 1 unspecified atom stereocenters. The van der Waals surface area contributed by atoms with E-state index in [1.54, 1.807) is 0 Å². The zero-order chi connectivity index (χ0) is 12.6. The SMILES string of the molecule is Cc1noc(C)c1CN(C)C1CCC(C)(C)C1. The number of aromatic nitrogens is 1. The van der Waals surface area contributed by atoms with Crippen LogP contribution < -0.4 is 0 Å². The summed E-state index contributed by atoms with van der Waals surface area (Å²) < 4.78 is 5.22. The van der Waals surface area contributed by atoms with Crippen LogP contribution in [0.5, 0.6) is 0 Å². The lowest BCUT2D eigenvalue weighted by atomic mass is 9.91. The average molecular weight is 236 g/mol. The molecular formula is C14H24N2O. The minimum Gasteiger partial charge on any atom is -0.361 e. The molecule has 1 heterocycles. The Balaban J connectivity index is 2.01. The van der Waals surface area contributed by atoms with Gasteiger partial charge in [0, 0.05) is 18.2 Å². The summed E-state index contributed by atoms with van der Waals surface area (Å²) in [5.74, 6) is 0.964. The van der Waals surface area contributed by atoms with E-state index >= 15 is 0 Å². The molecule has 1 atom stereocenters. The van der Waals surface area contributed by atoms with Crippen molar-refractivity contribution in [2.45, 2.75) is 59.5 Å². The molecule has 1 fully saturated rings. The Morgan fingerprint density at radius 1 is 1.41 bits per heavy atom. The van der Waals surface area contributed by atoms with Gasteiger partial charge in [0.25, 0.3) is 0 Å². The molecule has 0 aliphatic heterocycles. The highest BCUT2D eigenvalue weighted by Crippen LogP contribution is 2.39. The first-order valence-electron chi connectivity index (χ1n) is 6.51. The van der Waals surface area contributed by atoms with E-state index in [2.05, 4.69) is 31.0 Å². The standard InChI is InChI=1S/C14H24N2O/c1-10-13(11(2)17-15-10)9-16(5)12-6-7-14(3,4)8-12/h12H,6-9H2,1-5H3. The number of rotatable bonds is 3. The van der Waals surface area contributed by atoms with Crippen LogP contribution in [0.2, 0.25) is 0 Å². The fraction of sp³-hybridized carbons (Fsp3) is 0.786. The minimum atomic E-state index is 0.512. The Labute approximate surface area is 104 Å². The summed E-state index contributed by atoms with van der Waals surface area (Å²) >= 11 is 0. The second-order valence-electron chi connectivity index (χ2n) is 6.28. The van der Waals surface area contributed by atoms with Gasteiger partial charge in [-0.1, -0.05) is 19.0 Å². The number of hydrogen-bond acceptors (Lipinski definition) is 3. The van der Waals surface area contributed by atoms with E-state index in [4.69, 9.17) is 4.52 Å². The van der Waals surface area contributed by atoms with Crippen LogP contribution in [0.3, 0.4) is 0 Å². The van der Waals surface area contributed by atoms with Crippen molar-refractivity contribution in [1.82, 2.24) is 10.1 Å². The normalized spacial score (nSPS) is 23.5. The summed E-state index contributed by atoms with van der Waals surface area (Å²) in [6, 6.07) is 0.707. The van der Waals surface area contributed by atoms with Gasteiger partial charge < -0.3 is 4.52 Å². The van der Waals surface area contributed by atoms with Crippen molar-refractivity contribution in [2.24, 2.45) is 5.41 Å². The molecule has 0 saturated heterocycles. The molecule has 0 amide bonds. The Morgan fingerprint density at radius 3 is 2.59 bits per heavy atom. The molecule has 0 aromatic carbocycles. The molecule has 17 heavy (non-hydrogen) atoms. The molecule has 1 aliphatic carbocycles. The van der Waals surface area contributed by atoms with Gasteiger partial charge in [-0.05, 0) is 45.6 Å². The Bertz CT molecular complexity index is 375. The van der Waals surface area contributed by atoms with Gasteiger partial charge in [-0.15, -0.1) is 0 Å². The monoisotopic (exact) mass is 236 g/mol. The smallest absolute Gasteiger partial charge is 0.138 e. The molecule has 2 rings (SSSR count). The van der Waals surface area contributed by atoms with Gasteiger partial charge in [-0.3, -0.25) is 4.90 Å². The molecule has 3 heteroatoms. The van der Waals surface area contributed by atoms with Gasteiger partial charge in [0.15, 0.2) is 0 Å². The maximum Gasteiger partial charge on any atom is 0.138 e. The second-order valence-corrected chi connectivity index (χ2v) is 6.28. The van der Waals surface area contributed by atoms with Crippen LogP contribution in [0.1, 0.15) is 50.1 Å². The van der Waals surface area contributed by atoms with Gasteiger partial charge >= 0.3 is 0 Å². The van der Waals surface area contributed by atoms with Crippen molar-refractivity contribution in [3.05, 3.63) is 17.0 Å². The lowest BCUT2D eigenvalue weighted by Gasteiger charge is -2.25. The van der Waals surface area contributed by atoms with Crippen molar-refractivity contribution in [2.75, 3.05) is 7.05 Å². The van der Waals surface area contributed by atoms with E-state index in [9.17, 15) is 0 Å². The molecule has 3 nitrogen and oxygen atoms in total. The number of nitrogens with zero attached hydrogens (tertiary/aromatic N) is 2. The molecule has 0 radical (unpaired) electrons. The molecule has 1 aromatic rings. The first-order valence-corrected chi connectivity index (χ1v) is 6.51. The summed E-state index contributed by atoms with van der Waals surface area (Å²) in [6.07, 6.45) is 3.95. The Kier molecular flexibility index (Phi) is 3.30. The van der Waals surface area contributed by atoms with E-state index in [1.807, 2.05) is 13.8 Å². The Hall–Kier alpha value is -0.830. The van der Waals surface area contributed by atoms with E-state index in [0.717, 1.165) is 18.0 Å². The Morgan fingerprint density at radius 2 is 2.12 bits per heavy atom. The molecule has 0 bridgehead atoms. The summed E-state index contributed by atoms with van der Waals surface area (Å²) in [6.45, 7) is 9.73. The molecule has 0 spiro atoms. The topological polar surface area (TPSA) is 29.3 Å². The zero-order valence-corrected chi connectivity index (χ0v) is 11.7. The van der Waals surface area contributed by atoms with E-state index in [1.165, 1.54) is 24.8 Å². The zero-order valence-electron chi connectivity index (χ0n) is 11.7. The third-order valence-corrected chi connectivity index (χ3v) is 4.15. The highest BCUT2D eigenvalue weighted by atomic mass is 16.5. The van der Waals surface area contributed by atoms with Crippen molar-refractivity contribution < 1.29 is 4.52 Å². The fourth-order valence-electron chi connectivity index (χ4n) is 2.88. The van der Waals surface area contributed by atoms with E-state index in [0.29, 0.717) is 11.5 Å². The van der Waals surface area contributed by atoms with Crippen molar-refractivity contribution in [3.8, 4) is 0 Å². The van der Waals surface area contributed by atoms with E-state index in [-0.39, 0.29) is 0 Å². The van der Waals surface area contributed by atoms with Gasteiger partial charge in [0.05, 0.1) is 5.69 Å². The largest absolute Gasteiger partial charge is 0.361 e. The predicted molar refractivity (Wildman–Crippen MR) is 68.9 cm³/mol. The van der Waals surface area contributed by atoms with Crippen LogP contribution in [0.15, 0.2) is 4.52 Å². The van der Waals surface area contributed by atoms with Gasteiger partial charge in [0.1, 0.15) is 5.76 Å². The third-order valence-electron chi connectivity index (χ3n) is 4.15. The summed E-state index contributed by atoms with van der Waals surface area (Å²) in [4.78, 5) is 2.46. The highest BCUT2D eigenvalue weighted by molar-refractivity contribution is 5.20. The molecule has 1 saturated carbocycles. The number of aryl methyl sites for hydroxylation is 2. The molecule has 0 N–H and O–H groups in total. The maximum absolute atomic E-state index is 5.22. The van der Waals surface area contributed by atoms with Crippen molar-refractivity contribution >= 4 is 0 Å². The molecule has 1 aliphatic rings. The van der Waals surface area contributed by atoms with Crippen LogP contribution >= 0.6 is 0 Å². The second kappa shape index (κ2) is 4.45. The van der Waals surface area contributed by atoms with Crippen LogP contribution in [0.25, 0.3) is 0 Å². The van der Waals surface area contributed by atoms with Crippen LogP contribution in [-0.4, -0.2) is 23.1 Å². The highest BCUT2D eigenvalue weighted by Gasteiger charge is 2.33. The van der Waals surface area contributed by atoms with E-state index < -0.39 is 0 Å². The van der Waals surface area contributed by atoms with Crippen LogP contribution in [0, 0.1) is 19.3 Å². The lowest BCUT2D eigenvalue weighted by Crippen LogP contribution is -2.30. The average Bonchev–Trinajstić information content (AvgIpc) is 2.75. The van der Waals surface area contributed by atoms with Crippen LogP contribution in [-0.2, 0) is 6.54 Å². The maximum atomic E-state index is 5.22. The molecule has 1 aromatic heterocycles. The number of hydrogen-bond donors (Lipinski definition) is 0. The molecular weight excluding hydrogens is 212 g/mol. The van der Waals surface area contributed by atoms with Gasteiger partial charge in [-0.2, -0.15) is 0 Å². The quantitative estimate of drug-likeness (QED) is 0.806. The first-order chi connectivity index (χ1) is 7.89. The molecule has 96 valence electrons. The van der Waals surface area contributed by atoms with Crippen molar-refractivity contribution in [3.63, 3.8) is 0 Å². The van der Waals surface area contributed by atoms with Crippen molar-refractivity contribution in [1.29, 1.82) is 0 Å². The first kappa shape index (κ1) is 12.6. The third kappa shape index (κ3) is 2.71. The fourth-order valence-corrected chi connectivity index (χ4v) is 2.88. The van der Waals surface area contributed by atoms with Crippen LogP contribution in [0.4, 0.5) is 0 Å². The minimum absolute atomic E-state index is 0.512. The summed E-state index contributed by atoms with van der Waals surface area (Å²) in [5.41, 5.74) is 2.81. The summed E-state index contributed by atoms with van der Waals surface area (Å²) in [7, 11) is 2.22. The summed E-state index contributed by atoms with van der Waals surface area (Å²) in [5, 5.41) is 4.02. The predicted octanol–water partition coefficient (Wildman–Crippen LogP) is 3.30.